The first kappa shape index (κ1) is 26.7. The molecule has 5 rings (SSSR count). The number of nitrogens with one attached hydrogen (secondary N) is 2. The van der Waals surface area contributed by atoms with E-state index in [-0.39, 0.29) is 23.7 Å². The van der Waals surface area contributed by atoms with Crippen LogP contribution in [0.5, 0.6) is 0 Å². The van der Waals surface area contributed by atoms with Gasteiger partial charge in [0.2, 0.25) is 0 Å². The summed E-state index contributed by atoms with van der Waals surface area (Å²) < 4.78 is 13.3. The van der Waals surface area contributed by atoms with E-state index in [1.807, 2.05) is 13.0 Å². The van der Waals surface area contributed by atoms with Crippen LogP contribution >= 0.6 is 23.2 Å². The molecule has 3 aliphatic heterocycles. The average molecular weight is 573 g/mol. The van der Waals surface area contributed by atoms with E-state index in [0.29, 0.717) is 81.0 Å². The molecule has 1 atom stereocenters. The van der Waals surface area contributed by atoms with Gasteiger partial charge in [-0.1, -0.05) is 35.3 Å². The summed E-state index contributed by atoms with van der Waals surface area (Å²) in [7, 11) is -1.46. The molecule has 0 aromatic heterocycles. The van der Waals surface area contributed by atoms with Crippen LogP contribution in [-0.4, -0.2) is 45.2 Å². The number of nitrogens with zero attached hydrogens (tertiary/aromatic N) is 1. The summed E-state index contributed by atoms with van der Waals surface area (Å²) >= 11 is 12.6. The van der Waals surface area contributed by atoms with Gasteiger partial charge >= 0.3 is 0 Å². The molecule has 0 aliphatic carbocycles. The smallest absolute Gasteiger partial charge is 0.256 e. The van der Waals surface area contributed by atoms with Crippen LogP contribution in [0, 0.1) is 0 Å². The number of amides is 2. The number of hydrogen-bond donors (Lipinski definition) is 3. The van der Waals surface area contributed by atoms with Crippen molar-refractivity contribution < 1.29 is 18.9 Å². The second-order valence-electron chi connectivity index (χ2n) is 9.54. The van der Waals surface area contributed by atoms with Gasteiger partial charge in [0.15, 0.2) is 0 Å². The van der Waals surface area contributed by atoms with Crippen molar-refractivity contribution in [2.24, 2.45) is 0 Å². The van der Waals surface area contributed by atoms with Gasteiger partial charge < -0.3 is 20.6 Å². The molecule has 2 amide bonds. The molecule has 0 saturated carbocycles. The monoisotopic (exact) mass is 571 g/mol. The number of anilines is 1. The Labute approximate surface area is 233 Å². The number of carbonyl (C=O) groups is 2. The standard InChI is InChI=1S/C28H27Cl2N3O4S/c1-16-5-7-19(28(36)33-11-9-17(34)10-12-33)26(31-16)14-21-20-13-18(6-8-25(20)32-27(21)35)38(37)15-22-23(29)3-2-4-24(22)30/h2-6,8,13-14,17,31,34H,7,9-12,15H2,1H3,(H,32,35)/b21-14-. The van der Waals surface area contributed by atoms with E-state index >= 15 is 0 Å². The second-order valence-corrected chi connectivity index (χ2v) is 11.8. The summed E-state index contributed by atoms with van der Waals surface area (Å²) in [4.78, 5) is 28.6. The number of allylic oxidation sites excluding steroid dienone is 3. The Kier molecular flexibility index (Phi) is 7.77. The molecule has 0 spiro atoms. The first-order valence-corrected chi connectivity index (χ1v) is 14.4. The Morgan fingerprint density at radius 2 is 1.87 bits per heavy atom. The van der Waals surface area contributed by atoms with Crippen LogP contribution in [0.1, 0.15) is 37.3 Å². The highest BCUT2D eigenvalue weighted by Gasteiger charge is 2.29. The van der Waals surface area contributed by atoms with E-state index in [2.05, 4.69) is 10.6 Å². The fourth-order valence-electron chi connectivity index (χ4n) is 4.77. The molecule has 7 nitrogen and oxygen atoms in total. The Bertz CT molecular complexity index is 1420. The summed E-state index contributed by atoms with van der Waals surface area (Å²) in [5.74, 6) is -0.269. The zero-order valence-electron chi connectivity index (χ0n) is 20.7. The molecular weight excluding hydrogens is 545 g/mol. The maximum atomic E-state index is 13.4. The highest BCUT2D eigenvalue weighted by atomic mass is 35.5. The first-order valence-electron chi connectivity index (χ1n) is 12.3. The molecule has 10 heteroatoms. The van der Waals surface area contributed by atoms with E-state index in [1.54, 1.807) is 47.4 Å². The van der Waals surface area contributed by atoms with Crippen molar-refractivity contribution in [3.8, 4) is 0 Å². The molecule has 1 unspecified atom stereocenters. The van der Waals surface area contributed by atoms with Gasteiger partial charge in [-0.2, -0.15) is 0 Å². The SMILES string of the molecule is CC1=CCC(C(=O)N2CCC(O)CC2)=C(/C=C2\C(=O)Nc3ccc(S(=O)Cc4c(Cl)cccc4Cl)cc32)N1. The lowest BCUT2D eigenvalue weighted by molar-refractivity contribution is -0.129. The number of rotatable bonds is 5. The molecule has 2 aromatic rings. The summed E-state index contributed by atoms with van der Waals surface area (Å²) in [6.45, 7) is 2.88. The molecule has 38 heavy (non-hydrogen) atoms. The Morgan fingerprint density at radius 1 is 1.16 bits per heavy atom. The quantitative estimate of drug-likeness (QED) is 0.449. The summed E-state index contributed by atoms with van der Waals surface area (Å²) in [6.07, 6.45) is 4.79. The van der Waals surface area contributed by atoms with E-state index < -0.39 is 10.8 Å². The highest BCUT2D eigenvalue weighted by Crippen LogP contribution is 2.36. The van der Waals surface area contributed by atoms with Crippen molar-refractivity contribution in [3.05, 3.63) is 86.7 Å². The van der Waals surface area contributed by atoms with Crippen LogP contribution in [0.4, 0.5) is 5.69 Å². The Hall–Kier alpha value is -2.91. The van der Waals surface area contributed by atoms with Crippen LogP contribution in [0.25, 0.3) is 5.57 Å². The zero-order chi connectivity index (χ0) is 27.0. The maximum Gasteiger partial charge on any atom is 0.256 e. The number of carbonyl (C=O) groups excluding carboxylic acids is 2. The van der Waals surface area contributed by atoms with Crippen molar-refractivity contribution in [1.82, 2.24) is 10.2 Å². The van der Waals surface area contributed by atoms with E-state index in [4.69, 9.17) is 23.2 Å². The molecule has 3 N–H and O–H groups in total. The van der Waals surface area contributed by atoms with Gasteiger partial charge in [-0.3, -0.25) is 13.8 Å². The summed E-state index contributed by atoms with van der Waals surface area (Å²) in [5, 5.41) is 16.8. The van der Waals surface area contributed by atoms with Gasteiger partial charge in [-0.15, -0.1) is 0 Å². The minimum atomic E-state index is -1.46. The van der Waals surface area contributed by atoms with Crippen molar-refractivity contribution in [3.63, 3.8) is 0 Å². The third kappa shape index (κ3) is 5.45. The van der Waals surface area contributed by atoms with Crippen LogP contribution in [0.15, 0.2) is 70.4 Å². The lowest BCUT2D eigenvalue weighted by atomic mass is 9.98. The molecule has 2 aromatic carbocycles. The number of dihydropyridines is 1. The number of hydrogen-bond acceptors (Lipinski definition) is 5. The van der Waals surface area contributed by atoms with Gasteiger partial charge in [0.1, 0.15) is 0 Å². The predicted molar refractivity (Wildman–Crippen MR) is 150 cm³/mol. The van der Waals surface area contributed by atoms with Crippen LogP contribution in [0.3, 0.4) is 0 Å². The lowest BCUT2D eigenvalue weighted by Gasteiger charge is -2.31. The first-order chi connectivity index (χ1) is 18.2. The molecule has 0 bridgehead atoms. The normalized spacial score (nSPS) is 19.7. The second kappa shape index (κ2) is 11.1. The fourth-order valence-corrected chi connectivity index (χ4v) is 6.67. The van der Waals surface area contributed by atoms with E-state index in [0.717, 1.165) is 5.70 Å². The zero-order valence-corrected chi connectivity index (χ0v) is 23.1. The molecule has 1 fully saturated rings. The van der Waals surface area contributed by atoms with E-state index in [1.165, 1.54) is 0 Å². The van der Waals surface area contributed by atoms with E-state index in [9.17, 15) is 18.9 Å². The van der Waals surface area contributed by atoms with Crippen molar-refractivity contribution in [2.45, 2.75) is 42.9 Å². The third-order valence-electron chi connectivity index (χ3n) is 6.94. The Balaban J connectivity index is 1.47. The number of aliphatic hydroxyl groups excluding tert-OH is 1. The Morgan fingerprint density at radius 3 is 2.58 bits per heavy atom. The molecular formula is C28H27Cl2N3O4S. The number of benzene rings is 2. The highest BCUT2D eigenvalue weighted by molar-refractivity contribution is 7.84. The van der Waals surface area contributed by atoms with Gasteiger partial charge in [0.05, 0.1) is 28.2 Å². The van der Waals surface area contributed by atoms with Crippen molar-refractivity contribution in [2.75, 3.05) is 18.4 Å². The van der Waals surface area contributed by atoms with Gasteiger partial charge in [0.25, 0.3) is 11.8 Å². The van der Waals surface area contributed by atoms with Gasteiger partial charge in [0, 0.05) is 61.8 Å². The van der Waals surface area contributed by atoms with Crippen molar-refractivity contribution in [1.29, 1.82) is 0 Å². The summed E-state index contributed by atoms with van der Waals surface area (Å²) in [6, 6.07) is 10.3. The number of likely N-dealkylation sites (tertiary alicyclic amines) is 1. The van der Waals surface area contributed by atoms with Gasteiger partial charge in [-0.25, -0.2) is 0 Å². The van der Waals surface area contributed by atoms with Crippen molar-refractivity contribution >= 4 is 57.1 Å². The third-order valence-corrected chi connectivity index (χ3v) is 8.98. The van der Waals surface area contributed by atoms with Gasteiger partial charge in [-0.05, 0) is 62.6 Å². The molecule has 0 radical (unpaired) electrons. The predicted octanol–water partition coefficient (Wildman–Crippen LogP) is 4.77. The molecule has 3 heterocycles. The number of aliphatic hydroxyl groups is 1. The maximum absolute atomic E-state index is 13.4. The minimum absolute atomic E-state index is 0.106. The lowest BCUT2D eigenvalue weighted by Crippen LogP contribution is -2.41. The topological polar surface area (TPSA) is 98.7 Å². The van der Waals surface area contributed by atoms with Crippen LogP contribution < -0.4 is 10.6 Å². The molecule has 198 valence electrons. The molecule has 3 aliphatic rings. The molecule has 1 saturated heterocycles. The van der Waals surface area contributed by atoms with Crippen LogP contribution in [0.2, 0.25) is 10.0 Å². The number of fused-ring (bicyclic) bond motifs is 1. The fraction of sp³-hybridized carbons (Fsp3) is 0.286. The average Bonchev–Trinajstić information content (AvgIpc) is 3.20. The minimum Gasteiger partial charge on any atom is -0.393 e. The number of halogens is 2. The number of piperidine rings is 1. The largest absolute Gasteiger partial charge is 0.393 e. The summed E-state index contributed by atoms with van der Waals surface area (Å²) in [5.41, 5.74) is 4.22. The van der Waals surface area contributed by atoms with Crippen LogP contribution in [-0.2, 0) is 26.1 Å².